The van der Waals surface area contributed by atoms with Gasteiger partial charge in [-0.3, -0.25) is 0 Å². The summed E-state index contributed by atoms with van der Waals surface area (Å²) in [4.78, 5) is 0. The van der Waals surface area contributed by atoms with Crippen LogP contribution in [0.15, 0.2) is 42.5 Å². The van der Waals surface area contributed by atoms with Gasteiger partial charge in [-0.15, -0.1) is 0 Å². The number of nitrogens with two attached hydrogens (primary N) is 1. The Labute approximate surface area is 112 Å². The van der Waals surface area contributed by atoms with Crippen molar-refractivity contribution >= 4 is 17.3 Å². The van der Waals surface area contributed by atoms with E-state index >= 15 is 0 Å². The van der Waals surface area contributed by atoms with E-state index in [9.17, 15) is 0 Å². The number of benzene rings is 2. The molecule has 3 heteroatoms. The van der Waals surface area contributed by atoms with Gasteiger partial charge in [-0.05, 0) is 29.7 Å². The molecule has 0 aliphatic rings. The van der Waals surface area contributed by atoms with Crippen LogP contribution >= 0.6 is 11.6 Å². The van der Waals surface area contributed by atoms with Gasteiger partial charge in [-0.25, -0.2) is 0 Å². The van der Waals surface area contributed by atoms with Gasteiger partial charge in [0.2, 0.25) is 0 Å². The van der Waals surface area contributed by atoms with Gasteiger partial charge in [-0.1, -0.05) is 42.8 Å². The van der Waals surface area contributed by atoms with E-state index in [-0.39, 0.29) is 0 Å². The van der Waals surface area contributed by atoms with Crippen LogP contribution in [0.5, 0.6) is 5.75 Å². The fraction of sp³-hybridized carbons (Fsp3) is 0.200. The zero-order valence-corrected chi connectivity index (χ0v) is 11.1. The zero-order valence-electron chi connectivity index (χ0n) is 10.3. The molecule has 0 aromatic heterocycles. The van der Waals surface area contributed by atoms with Crippen molar-refractivity contribution in [3.8, 4) is 5.75 Å². The van der Waals surface area contributed by atoms with Gasteiger partial charge in [-0.2, -0.15) is 0 Å². The lowest BCUT2D eigenvalue weighted by molar-refractivity contribution is 0.308. The summed E-state index contributed by atoms with van der Waals surface area (Å²) in [6, 6.07) is 13.6. The van der Waals surface area contributed by atoms with Crippen molar-refractivity contribution < 1.29 is 4.74 Å². The quantitative estimate of drug-likeness (QED) is 0.843. The average molecular weight is 262 g/mol. The molecule has 0 saturated heterocycles. The number of halogens is 1. The Morgan fingerprint density at radius 1 is 1.06 bits per heavy atom. The van der Waals surface area contributed by atoms with E-state index in [1.165, 1.54) is 5.56 Å². The van der Waals surface area contributed by atoms with E-state index in [0.29, 0.717) is 23.1 Å². The number of hydrogen-bond donors (Lipinski definition) is 1. The van der Waals surface area contributed by atoms with Crippen LogP contribution in [0.3, 0.4) is 0 Å². The molecule has 2 rings (SSSR count). The molecule has 0 radical (unpaired) electrons. The molecule has 0 aliphatic heterocycles. The van der Waals surface area contributed by atoms with Crippen LogP contribution in [-0.2, 0) is 13.0 Å². The molecule has 2 aromatic rings. The molecule has 0 bridgehead atoms. The first-order valence-electron chi connectivity index (χ1n) is 5.94. The normalized spacial score (nSPS) is 10.3. The van der Waals surface area contributed by atoms with Crippen molar-refractivity contribution in [1.82, 2.24) is 0 Å². The number of ether oxygens (including phenoxy) is 1. The fourth-order valence-corrected chi connectivity index (χ4v) is 1.83. The van der Waals surface area contributed by atoms with E-state index in [4.69, 9.17) is 22.1 Å². The molecule has 18 heavy (non-hydrogen) atoms. The number of nitrogen functional groups attached to an aromatic ring is 1. The highest BCUT2D eigenvalue weighted by Crippen LogP contribution is 2.26. The summed E-state index contributed by atoms with van der Waals surface area (Å²) in [7, 11) is 0. The smallest absolute Gasteiger partial charge is 0.144 e. The van der Waals surface area contributed by atoms with Crippen LogP contribution < -0.4 is 10.5 Å². The van der Waals surface area contributed by atoms with Gasteiger partial charge in [0.15, 0.2) is 0 Å². The summed E-state index contributed by atoms with van der Waals surface area (Å²) in [6.45, 7) is 2.63. The second kappa shape index (κ2) is 5.78. The zero-order chi connectivity index (χ0) is 13.0. The van der Waals surface area contributed by atoms with Crippen LogP contribution in [0.1, 0.15) is 18.1 Å². The molecule has 0 amide bonds. The predicted octanol–water partition coefficient (Wildman–Crippen LogP) is 4.06. The van der Waals surface area contributed by atoms with Crippen LogP contribution in [-0.4, -0.2) is 0 Å². The Bertz CT molecular complexity index is 523. The Balaban J connectivity index is 2.04. The molecule has 2 N–H and O–H groups in total. The molecule has 94 valence electrons. The van der Waals surface area contributed by atoms with E-state index in [1.807, 2.05) is 0 Å². The predicted molar refractivity (Wildman–Crippen MR) is 76.0 cm³/mol. The second-order valence-electron chi connectivity index (χ2n) is 4.14. The third-order valence-corrected chi connectivity index (χ3v) is 3.04. The van der Waals surface area contributed by atoms with Crippen molar-refractivity contribution in [1.29, 1.82) is 0 Å². The average Bonchev–Trinajstić information content (AvgIpc) is 2.40. The topological polar surface area (TPSA) is 35.2 Å². The Morgan fingerprint density at radius 2 is 1.72 bits per heavy atom. The number of aryl methyl sites for hydroxylation is 1. The Morgan fingerprint density at radius 3 is 2.39 bits per heavy atom. The second-order valence-corrected chi connectivity index (χ2v) is 4.58. The summed E-state index contributed by atoms with van der Waals surface area (Å²) in [5.74, 6) is 0.627. The highest BCUT2D eigenvalue weighted by molar-refractivity contribution is 6.30. The summed E-state index contributed by atoms with van der Waals surface area (Å²) < 4.78 is 5.67. The summed E-state index contributed by atoms with van der Waals surface area (Å²) in [5, 5.41) is 0.625. The van der Waals surface area contributed by atoms with Gasteiger partial charge in [0, 0.05) is 11.1 Å². The lowest BCUT2D eigenvalue weighted by atomic mass is 10.1. The molecule has 0 aliphatic carbocycles. The number of anilines is 1. The molecular formula is C15H16ClNO. The van der Waals surface area contributed by atoms with Crippen LogP contribution in [0.25, 0.3) is 0 Å². The minimum Gasteiger partial charge on any atom is -0.487 e. The fourth-order valence-electron chi connectivity index (χ4n) is 1.67. The standard InChI is InChI=1S/C15H16ClNO/c1-2-11-3-5-12(6-4-11)10-18-15-9-13(16)7-8-14(15)17/h3-9H,2,10,17H2,1H3. The van der Waals surface area contributed by atoms with Gasteiger partial charge in [0.05, 0.1) is 5.69 Å². The maximum atomic E-state index is 5.90. The third-order valence-electron chi connectivity index (χ3n) is 2.80. The summed E-state index contributed by atoms with van der Waals surface area (Å²) in [5.41, 5.74) is 8.85. The van der Waals surface area contributed by atoms with E-state index in [1.54, 1.807) is 18.2 Å². The summed E-state index contributed by atoms with van der Waals surface area (Å²) in [6.07, 6.45) is 1.04. The maximum Gasteiger partial charge on any atom is 0.144 e. The molecule has 2 aromatic carbocycles. The Kier molecular flexibility index (Phi) is 4.11. The molecule has 2 nitrogen and oxygen atoms in total. The molecule has 0 unspecified atom stereocenters. The minimum absolute atomic E-state index is 0.495. The van der Waals surface area contributed by atoms with Crippen molar-refractivity contribution in [3.63, 3.8) is 0 Å². The third kappa shape index (κ3) is 3.17. The first-order chi connectivity index (χ1) is 8.69. The van der Waals surface area contributed by atoms with Gasteiger partial charge in [0.25, 0.3) is 0 Å². The van der Waals surface area contributed by atoms with Crippen molar-refractivity contribution in [2.24, 2.45) is 0 Å². The minimum atomic E-state index is 0.495. The van der Waals surface area contributed by atoms with Gasteiger partial charge < -0.3 is 10.5 Å². The monoisotopic (exact) mass is 261 g/mol. The van der Waals surface area contributed by atoms with Gasteiger partial charge in [0.1, 0.15) is 12.4 Å². The van der Waals surface area contributed by atoms with E-state index in [0.717, 1.165) is 12.0 Å². The lowest BCUT2D eigenvalue weighted by Gasteiger charge is -2.09. The first-order valence-corrected chi connectivity index (χ1v) is 6.32. The molecule has 0 saturated carbocycles. The molecular weight excluding hydrogens is 246 g/mol. The van der Waals surface area contributed by atoms with Crippen molar-refractivity contribution in [2.75, 3.05) is 5.73 Å². The van der Waals surface area contributed by atoms with E-state index in [2.05, 4.69) is 31.2 Å². The lowest BCUT2D eigenvalue weighted by Crippen LogP contribution is -1.98. The maximum absolute atomic E-state index is 5.90. The van der Waals surface area contributed by atoms with Gasteiger partial charge >= 0.3 is 0 Å². The number of rotatable bonds is 4. The largest absolute Gasteiger partial charge is 0.487 e. The molecule has 0 atom stereocenters. The van der Waals surface area contributed by atoms with E-state index < -0.39 is 0 Å². The molecule has 0 spiro atoms. The highest BCUT2D eigenvalue weighted by Gasteiger charge is 2.02. The Hall–Kier alpha value is -1.67. The van der Waals surface area contributed by atoms with Crippen LogP contribution in [0.4, 0.5) is 5.69 Å². The highest BCUT2D eigenvalue weighted by atomic mass is 35.5. The van der Waals surface area contributed by atoms with Crippen molar-refractivity contribution in [2.45, 2.75) is 20.0 Å². The summed E-state index contributed by atoms with van der Waals surface area (Å²) >= 11 is 5.90. The van der Waals surface area contributed by atoms with Crippen LogP contribution in [0, 0.1) is 0 Å². The SMILES string of the molecule is CCc1ccc(COc2cc(Cl)ccc2N)cc1. The van der Waals surface area contributed by atoms with Crippen molar-refractivity contribution in [3.05, 3.63) is 58.6 Å². The molecule has 0 fully saturated rings. The van der Waals surface area contributed by atoms with Crippen LogP contribution in [0.2, 0.25) is 5.02 Å². The first kappa shape index (κ1) is 12.8. The molecule has 0 heterocycles. The number of hydrogen-bond acceptors (Lipinski definition) is 2.